The number of fused-ring (bicyclic) bond motifs is 8. The first-order chi connectivity index (χ1) is 70.1. The zero-order valence-corrected chi connectivity index (χ0v) is 79.6. The van der Waals surface area contributed by atoms with Crippen molar-refractivity contribution in [3.05, 3.63) is 313 Å². The summed E-state index contributed by atoms with van der Waals surface area (Å²) in [5, 5.41) is 62.0. The van der Waals surface area contributed by atoms with Crippen LogP contribution in [0.4, 0.5) is 96.7 Å². The molecule has 2 aliphatic heterocycles. The van der Waals surface area contributed by atoms with Crippen LogP contribution in [0.1, 0.15) is 60.8 Å². The Labute approximate surface area is 826 Å². The second-order valence-corrected chi connectivity index (χ2v) is 35.7. The molecule has 0 saturated carbocycles. The van der Waals surface area contributed by atoms with Crippen molar-refractivity contribution in [1.82, 2.24) is 60.6 Å². The average molecular weight is 1920 g/mol. The second kappa shape index (κ2) is 42.7. The summed E-state index contributed by atoms with van der Waals surface area (Å²) in [6.45, 7) is 15.7. The number of H-pyrrole nitrogens is 4. The molecule has 0 unspecified atom stereocenters. The molecule has 14 aromatic carbocycles. The zero-order valence-electron chi connectivity index (χ0n) is 79.6. The fourth-order valence-corrected chi connectivity index (χ4v) is 18.9. The van der Waals surface area contributed by atoms with E-state index in [0.29, 0.717) is 53.5 Å². The van der Waals surface area contributed by atoms with E-state index in [1.807, 2.05) is 234 Å². The Hall–Kier alpha value is -18.0. The van der Waals surface area contributed by atoms with Crippen LogP contribution >= 0.6 is 0 Å². The Balaban J connectivity index is 0.000000122. The van der Waals surface area contributed by atoms with Gasteiger partial charge in [-0.05, 0) is 267 Å². The molecule has 20 aromatic rings. The summed E-state index contributed by atoms with van der Waals surface area (Å²) < 4.78 is 40.6. The van der Waals surface area contributed by atoms with E-state index in [1.165, 1.54) is 64.0 Å². The molecule has 0 aliphatic carbocycles. The summed E-state index contributed by atoms with van der Waals surface area (Å²) in [6.07, 6.45) is 14.0. The molecule has 32 heteroatoms. The highest BCUT2D eigenvalue weighted by Gasteiger charge is 2.25. The number of likely N-dealkylation sites (tertiary alicyclic amines) is 2. The Morgan fingerprint density at radius 3 is 0.972 bits per heavy atom. The minimum absolute atomic E-state index is 0.122. The number of ether oxygens (including phenoxy) is 2. The first-order valence-electron chi connectivity index (χ1n) is 47.6. The summed E-state index contributed by atoms with van der Waals surface area (Å²) in [6, 6.07) is 77.6. The highest BCUT2D eigenvalue weighted by molar-refractivity contribution is 6.19. The van der Waals surface area contributed by atoms with Gasteiger partial charge in [-0.25, -0.2) is 28.0 Å². The van der Waals surface area contributed by atoms with Crippen molar-refractivity contribution in [3.8, 4) is 56.0 Å². The molecular formula is C112H106F2N24O6. The van der Waals surface area contributed by atoms with Crippen LogP contribution in [0.15, 0.2) is 280 Å². The van der Waals surface area contributed by atoms with Gasteiger partial charge in [-0.2, -0.15) is 20.4 Å². The first kappa shape index (κ1) is 94.9. The van der Waals surface area contributed by atoms with Crippen LogP contribution in [0.5, 0.6) is 11.5 Å². The van der Waals surface area contributed by atoms with E-state index in [1.54, 1.807) is 55.1 Å². The van der Waals surface area contributed by atoms with E-state index in [-0.39, 0.29) is 23.4 Å². The summed E-state index contributed by atoms with van der Waals surface area (Å²) in [5.74, 6) is 2.12. The number of benzene rings is 14. The number of nitrogens with zero attached hydrogens (tertiary/aromatic N) is 8. The van der Waals surface area contributed by atoms with E-state index >= 15 is 0 Å². The van der Waals surface area contributed by atoms with Crippen molar-refractivity contribution < 1.29 is 37.4 Å². The maximum Gasteiger partial charge on any atom is 0.323 e. The van der Waals surface area contributed by atoms with Gasteiger partial charge in [0.2, 0.25) is 0 Å². The molecule has 22 rings (SSSR count). The molecule has 0 radical (unpaired) electrons. The van der Waals surface area contributed by atoms with Gasteiger partial charge in [0.1, 0.15) is 34.2 Å². The second-order valence-electron chi connectivity index (χ2n) is 35.7. The van der Waals surface area contributed by atoms with Gasteiger partial charge in [0, 0.05) is 69.5 Å². The monoisotopic (exact) mass is 1920 g/mol. The van der Waals surface area contributed by atoms with Crippen molar-refractivity contribution in [2.75, 3.05) is 118 Å². The third-order valence-electron chi connectivity index (χ3n) is 25.7. The number of aromatic amines is 4. The van der Waals surface area contributed by atoms with E-state index in [0.717, 1.165) is 208 Å². The van der Waals surface area contributed by atoms with Crippen LogP contribution in [-0.2, 0) is 0 Å². The van der Waals surface area contributed by atoms with Gasteiger partial charge in [0.25, 0.3) is 0 Å². The minimum atomic E-state index is -0.532. The first-order valence-corrected chi connectivity index (χ1v) is 47.6. The van der Waals surface area contributed by atoms with E-state index in [9.17, 15) is 28.0 Å². The largest absolute Gasteiger partial charge is 0.491 e. The number of nitrogen functional groups attached to an aromatic ring is 4. The number of hydrogen-bond acceptors (Lipinski definition) is 18. The topological polar surface area (TPSA) is 434 Å². The molecule has 6 aromatic heterocycles. The Morgan fingerprint density at radius 2 is 0.618 bits per heavy atom. The number of nitrogens with two attached hydrogens (primary N) is 4. The maximum absolute atomic E-state index is 14.2. The summed E-state index contributed by atoms with van der Waals surface area (Å²) >= 11 is 0. The number of aromatic nitrogens is 10. The fourth-order valence-electron chi connectivity index (χ4n) is 18.9. The van der Waals surface area contributed by atoms with Crippen molar-refractivity contribution in [3.63, 3.8) is 0 Å². The fraction of sp³-hybridized carbons (Fsp3) is 0.161. The number of carbonyl (C=O) groups is 4. The number of amides is 8. The lowest BCUT2D eigenvalue weighted by atomic mass is 9.94. The SMILES string of the molecule is Cc1ccc(F)c(NC(=O)Nc2ccc(-c3ccc(OCCCN4CCCC4)c4[nH]nc(N)c34)c3ccccc23)c1.Cc1ccc(F)c(NC(=O)Nc2ccc(-c3cncc4[nH]nc(N)c34)c3ccccc23)c1.Cc1cccc(NC(=O)Nc2ccc(-c3ccc(OCCCN4CCCC4)c4[nH]nc(N)c34)c3ccccc23)c1.Cc1cccc(NC(=O)Nc2ccc(-c3cncc4[nH]nc(N)c34)c3ccccc23)c1. The van der Waals surface area contributed by atoms with Gasteiger partial charge in [0.05, 0.1) is 92.3 Å². The zero-order chi connectivity index (χ0) is 99.4. The molecule has 0 spiro atoms. The average Bonchev–Trinajstić information content (AvgIpc) is 1.25. The molecule has 0 bridgehead atoms. The summed E-state index contributed by atoms with van der Waals surface area (Å²) in [5.41, 5.74) is 43.6. The van der Waals surface area contributed by atoms with E-state index in [2.05, 4.69) is 109 Å². The third kappa shape index (κ3) is 21.1. The molecule has 30 nitrogen and oxygen atoms in total. The van der Waals surface area contributed by atoms with Gasteiger partial charge in [-0.1, -0.05) is 158 Å². The molecule has 2 fully saturated rings. The lowest BCUT2D eigenvalue weighted by molar-refractivity contribution is 0.261. The Kier molecular flexibility index (Phi) is 28.2. The Morgan fingerprint density at radius 1 is 0.312 bits per heavy atom. The van der Waals surface area contributed by atoms with Crippen LogP contribution in [0.3, 0.4) is 0 Å². The van der Waals surface area contributed by atoms with E-state index in [4.69, 9.17) is 32.4 Å². The number of pyridine rings is 2. The van der Waals surface area contributed by atoms with Gasteiger partial charge in [-0.15, -0.1) is 0 Å². The van der Waals surface area contributed by atoms with Crippen molar-refractivity contribution >= 4 is 180 Å². The summed E-state index contributed by atoms with van der Waals surface area (Å²) in [7, 11) is 0. The van der Waals surface area contributed by atoms with Crippen LogP contribution in [0, 0.1) is 39.3 Å². The standard InChI is InChI=1S/C32H33FN6O2.C32H34N6O2.C24H19FN6O.C24H20N6O/c1-20-9-12-25(33)27(19-20)36-32(40)35-26-13-10-22(21-7-2-3-8-23(21)26)24-11-14-28(30-29(24)31(34)38-37-30)41-18-6-17-39-15-4-5-16-39;1-21-8-6-9-22(20-21)34-32(39)35-27-14-12-24(23-10-2-3-11-25(23)27)26-13-15-28(30-29(26)31(33)37-36-30)40-19-7-18-38-16-4-5-17-38;1-13-6-8-18(25)20(10-13)29-24(32)28-19-9-7-15(14-4-2-3-5-16(14)19)17-11-27-12-21-22(17)23(26)31-30-21;1-14-5-4-6-15(11-14)27-24(31)28-20-10-9-17(16-7-2-3-8-18(16)20)19-12-26-13-21-22(19)23(25)30-29-21/h2-3,7-14,19H,4-6,15-18H2,1H3,(H3,34,37,38)(H2,35,36,40);2-3,6,8-15,20H,4-5,7,16-19H2,1H3,(H3,33,36,37)(H2,34,35,39);2-12H,1H3,(H3,26,30,31)(H2,28,29,32);2-13H,1H3,(H3,25,29,30)(H2,27,28,31). The van der Waals surface area contributed by atoms with Crippen LogP contribution in [-0.4, -0.2) is 137 Å². The molecule has 20 N–H and O–H groups in total. The van der Waals surface area contributed by atoms with Gasteiger partial charge in [-0.3, -0.25) is 30.4 Å². The normalized spacial score (nSPS) is 12.5. The Bertz CT molecular complexity index is 8230. The van der Waals surface area contributed by atoms with Crippen LogP contribution in [0.25, 0.3) is 131 Å². The third-order valence-corrected chi connectivity index (χ3v) is 25.7. The number of halogens is 2. The number of anilines is 12. The maximum atomic E-state index is 14.2. The lowest BCUT2D eigenvalue weighted by Crippen LogP contribution is -2.21. The van der Waals surface area contributed by atoms with Crippen molar-refractivity contribution in [2.45, 2.75) is 66.2 Å². The minimum Gasteiger partial charge on any atom is -0.491 e. The van der Waals surface area contributed by atoms with Crippen LogP contribution in [0.2, 0.25) is 0 Å². The number of aryl methyl sites for hydroxylation is 4. The number of rotatable bonds is 22. The lowest BCUT2D eigenvalue weighted by Gasteiger charge is -2.16. The smallest absolute Gasteiger partial charge is 0.323 e. The number of urea groups is 4. The molecule has 2 saturated heterocycles. The molecule has 8 amide bonds. The molecule has 8 heterocycles. The molecular weight excluding hydrogens is 1820 g/mol. The van der Waals surface area contributed by atoms with Gasteiger partial charge >= 0.3 is 24.1 Å². The van der Waals surface area contributed by atoms with Gasteiger partial charge < -0.3 is 84.7 Å². The highest BCUT2D eigenvalue weighted by Crippen LogP contribution is 2.46. The highest BCUT2D eigenvalue weighted by atomic mass is 19.1. The van der Waals surface area contributed by atoms with Crippen molar-refractivity contribution in [2.24, 2.45) is 0 Å². The molecule has 144 heavy (non-hydrogen) atoms. The molecule has 2 aliphatic rings. The molecule has 0 atom stereocenters. The quantitative estimate of drug-likeness (QED) is 0.0280. The number of carbonyl (C=O) groups excluding carboxylic acids is 4. The predicted molar refractivity (Wildman–Crippen MR) is 576 cm³/mol. The van der Waals surface area contributed by atoms with E-state index < -0.39 is 23.7 Å². The van der Waals surface area contributed by atoms with Crippen molar-refractivity contribution in [1.29, 1.82) is 0 Å². The summed E-state index contributed by atoms with van der Waals surface area (Å²) in [4.78, 5) is 64.5. The van der Waals surface area contributed by atoms with Crippen LogP contribution < -0.4 is 74.9 Å². The predicted octanol–water partition coefficient (Wildman–Crippen LogP) is 24.5. The number of hydrogen-bond donors (Lipinski definition) is 16. The van der Waals surface area contributed by atoms with Gasteiger partial charge in [0.15, 0.2) is 23.3 Å². The number of nitrogens with one attached hydrogen (secondary N) is 12. The molecule has 724 valence electrons.